The van der Waals surface area contributed by atoms with Crippen LogP contribution >= 0.6 is 11.8 Å². The van der Waals surface area contributed by atoms with Gasteiger partial charge in [0.1, 0.15) is 5.54 Å². The highest BCUT2D eigenvalue weighted by Gasteiger charge is 2.42. The summed E-state index contributed by atoms with van der Waals surface area (Å²) in [5.41, 5.74) is 1.21. The monoisotopic (exact) mass is 319 g/mol. The lowest BCUT2D eigenvalue weighted by molar-refractivity contribution is -0.148. The molecule has 1 unspecified atom stereocenters. The average molecular weight is 319 g/mol. The van der Waals surface area contributed by atoms with Crippen molar-refractivity contribution in [2.24, 2.45) is 0 Å². The van der Waals surface area contributed by atoms with Gasteiger partial charge in [-0.3, -0.25) is 4.79 Å². The second-order valence-corrected chi connectivity index (χ2v) is 7.36. The Balaban J connectivity index is 1.81. The van der Waals surface area contributed by atoms with Crippen LogP contribution in [-0.2, 0) is 16.0 Å². The van der Waals surface area contributed by atoms with Gasteiger partial charge in [0.2, 0.25) is 5.91 Å². The molecule has 1 atom stereocenters. The second-order valence-electron chi connectivity index (χ2n) is 6.13. The number of aryl methyl sites for hydroxylation is 1. The Hall–Kier alpha value is -1.49. The number of thioether (sulfide) groups is 1. The number of carboxylic acid groups (broad SMARTS) is 1. The summed E-state index contributed by atoms with van der Waals surface area (Å²) in [5, 5.41) is 12.5. The maximum atomic E-state index is 12.8. The van der Waals surface area contributed by atoms with Gasteiger partial charge in [-0.1, -0.05) is 24.3 Å². The lowest BCUT2D eigenvalue weighted by atomic mass is 9.81. The summed E-state index contributed by atoms with van der Waals surface area (Å²) in [6.45, 7) is 0. The molecule has 1 aliphatic heterocycles. The van der Waals surface area contributed by atoms with Crippen molar-refractivity contribution in [1.82, 2.24) is 5.32 Å². The summed E-state index contributed by atoms with van der Waals surface area (Å²) in [5.74, 6) is 0.337. The molecule has 0 bridgehead atoms. The van der Waals surface area contributed by atoms with Gasteiger partial charge >= 0.3 is 5.97 Å². The van der Waals surface area contributed by atoms with Gasteiger partial charge in [-0.05, 0) is 54.7 Å². The van der Waals surface area contributed by atoms with Gasteiger partial charge in [0.05, 0.1) is 5.92 Å². The van der Waals surface area contributed by atoms with E-state index in [0.29, 0.717) is 12.8 Å². The molecule has 2 N–H and O–H groups in total. The number of rotatable bonds is 3. The van der Waals surface area contributed by atoms with E-state index < -0.39 is 11.5 Å². The third-order valence-corrected chi connectivity index (χ3v) is 5.79. The first-order valence-corrected chi connectivity index (χ1v) is 8.99. The number of nitrogens with one attached hydrogen (secondary N) is 1. The molecule has 22 heavy (non-hydrogen) atoms. The summed E-state index contributed by atoms with van der Waals surface area (Å²) in [6.07, 6.45) is 3.79. The van der Waals surface area contributed by atoms with E-state index in [4.69, 9.17) is 0 Å². The number of carbonyl (C=O) groups excluding carboxylic acids is 1. The van der Waals surface area contributed by atoms with Crippen molar-refractivity contribution in [3.63, 3.8) is 0 Å². The Bertz CT molecular complexity index is 581. The normalized spacial score (nSPS) is 23.4. The predicted octanol–water partition coefficient (Wildman–Crippen LogP) is 2.57. The van der Waals surface area contributed by atoms with Crippen molar-refractivity contribution in [1.29, 1.82) is 0 Å². The molecule has 1 heterocycles. The fourth-order valence-corrected chi connectivity index (χ4v) is 4.65. The minimum atomic E-state index is -1.07. The van der Waals surface area contributed by atoms with Gasteiger partial charge in [0.25, 0.3) is 0 Å². The highest BCUT2D eigenvalue weighted by atomic mass is 32.2. The number of benzene rings is 1. The number of hydrogen-bond acceptors (Lipinski definition) is 3. The molecule has 1 aromatic carbocycles. The smallest absolute Gasteiger partial charge is 0.329 e. The first-order valence-electron chi connectivity index (χ1n) is 7.83. The molecular weight excluding hydrogens is 298 g/mol. The molecule has 118 valence electrons. The van der Waals surface area contributed by atoms with Crippen molar-refractivity contribution < 1.29 is 14.7 Å². The van der Waals surface area contributed by atoms with Crippen LogP contribution in [-0.4, -0.2) is 34.0 Å². The van der Waals surface area contributed by atoms with E-state index in [-0.39, 0.29) is 11.8 Å². The topological polar surface area (TPSA) is 66.4 Å². The number of aliphatic carboxylic acids is 1. The van der Waals surface area contributed by atoms with Crippen LogP contribution in [0.15, 0.2) is 24.3 Å². The van der Waals surface area contributed by atoms with E-state index in [1.54, 1.807) is 11.8 Å². The Morgan fingerprint density at radius 3 is 2.68 bits per heavy atom. The highest BCUT2D eigenvalue weighted by molar-refractivity contribution is 7.99. The minimum absolute atomic E-state index is 0.124. The lowest BCUT2D eigenvalue weighted by Crippen LogP contribution is -2.57. The van der Waals surface area contributed by atoms with Gasteiger partial charge in [-0.2, -0.15) is 11.8 Å². The first kappa shape index (κ1) is 15.4. The molecule has 1 amide bonds. The van der Waals surface area contributed by atoms with Crippen LogP contribution in [0.4, 0.5) is 0 Å². The zero-order valence-electron chi connectivity index (χ0n) is 12.5. The summed E-state index contributed by atoms with van der Waals surface area (Å²) >= 11 is 1.75. The van der Waals surface area contributed by atoms with E-state index in [2.05, 4.69) is 11.4 Å². The van der Waals surface area contributed by atoms with E-state index in [0.717, 1.165) is 36.3 Å². The van der Waals surface area contributed by atoms with Gasteiger partial charge in [-0.25, -0.2) is 4.79 Å². The number of carboxylic acids is 1. The van der Waals surface area contributed by atoms with Crippen LogP contribution in [0.1, 0.15) is 42.7 Å². The first-order chi connectivity index (χ1) is 10.6. The summed E-state index contributed by atoms with van der Waals surface area (Å²) < 4.78 is 0. The summed E-state index contributed by atoms with van der Waals surface area (Å²) in [6, 6.07) is 8.02. The zero-order valence-corrected chi connectivity index (χ0v) is 13.3. The Morgan fingerprint density at radius 1 is 1.23 bits per heavy atom. The van der Waals surface area contributed by atoms with Crippen LogP contribution in [0.25, 0.3) is 0 Å². The molecule has 1 aromatic rings. The largest absolute Gasteiger partial charge is 0.480 e. The molecule has 5 heteroatoms. The van der Waals surface area contributed by atoms with Gasteiger partial charge in [-0.15, -0.1) is 0 Å². The van der Waals surface area contributed by atoms with Crippen LogP contribution in [0.2, 0.25) is 0 Å². The van der Waals surface area contributed by atoms with Crippen molar-refractivity contribution >= 4 is 23.6 Å². The van der Waals surface area contributed by atoms with Crippen molar-refractivity contribution in [2.45, 2.75) is 43.6 Å². The van der Waals surface area contributed by atoms with E-state index in [9.17, 15) is 14.7 Å². The van der Waals surface area contributed by atoms with Gasteiger partial charge in [0, 0.05) is 0 Å². The zero-order chi connectivity index (χ0) is 15.6. The Kier molecular flexibility index (Phi) is 4.43. The van der Waals surface area contributed by atoms with E-state index >= 15 is 0 Å². The molecule has 0 aromatic heterocycles. The fraction of sp³-hybridized carbons (Fsp3) is 0.529. The molecular formula is C17H21NO3S. The van der Waals surface area contributed by atoms with Gasteiger partial charge in [0.15, 0.2) is 0 Å². The molecule has 0 spiro atoms. The number of hydrogen-bond donors (Lipinski definition) is 2. The highest BCUT2D eigenvalue weighted by Crippen LogP contribution is 2.34. The molecule has 0 radical (unpaired) electrons. The standard InChI is InChI=1S/C17H21NO3S/c19-15(18-17(16(20)21)8-10-22-11-9-17)14-7-3-5-12-4-1-2-6-13(12)14/h1-2,4,6,14H,3,5,7-11H2,(H,18,19)(H,20,21). The number of fused-ring (bicyclic) bond motifs is 1. The van der Waals surface area contributed by atoms with Crippen LogP contribution in [0, 0.1) is 0 Å². The molecule has 1 fully saturated rings. The fourth-order valence-electron chi connectivity index (χ4n) is 3.46. The maximum Gasteiger partial charge on any atom is 0.329 e. The summed E-state index contributed by atoms with van der Waals surface area (Å²) in [7, 11) is 0. The Labute approximate surface area is 134 Å². The maximum absolute atomic E-state index is 12.8. The van der Waals surface area contributed by atoms with Crippen LogP contribution in [0.5, 0.6) is 0 Å². The van der Waals surface area contributed by atoms with Gasteiger partial charge < -0.3 is 10.4 Å². The minimum Gasteiger partial charge on any atom is -0.480 e. The number of carbonyl (C=O) groups is 2. The molecule has 2 aliphatic rings. The Morgan fingerprint density at radius 2 is 1.95 bits per heavy atom. The molecule has 1 saturated heterocycles. The van der Waals surface area contributed by atoms with Crippen molar-refractivity contribution in [3.8, 4) is 0 Å². The third kappa shape index (κ3) is 2.86. The predicted molar refractivity (Wildman–Crippen MR) is 87.2 cm³/mol. The number of amides is 1. The van der Waals surface area contributed by atoms with Crippen molar-refractivity contribution in [3.05, 3.63) is 35.4 Å². The lowest BCUT2D eigenvalue weighted by Gasteiger charge is -2.36. The molecule has 3 rings (SSSR count). The van der Waals surface area contributed by atoms with E-state index in [1.807, 2.05) is 18.2 Å². The van der Waals surface area contributed by atoms with E-state index in [1.165, 1.54) is 5.56 Å². The van der Waals surface area contributed by atoms with Crippen molar-refractivity contribution in [2.75, 3.05) is 11.5 Å². The van der Waals surface area contributed by atoms with Crippen LogP contribution in [0.3, 0.4) is 0 Å². The average Bonchev–Trinajstić information content (AvgIpc) is 2.55. The molecule has 0 saturated carbocycles. The summed E-state index contributed by atoms with van der Waals surface area (Å²) in [4.78, 5) is 24.5. The third-order valence-electron chi connectivity index (χ3n) is 4.80. The van der Waals surface area contributed by atoms with Crippen LogP contribution < -0.4 is 5.32 Å². The molecule has 1 aliphatic carbocycles. The molecule has 4 nitrogen and oxygen atoms in total. The SMILES string of the molecule is O=C(NC1(C(=O)O)CCSCC1)C1CCCc2ccccc21. The second kappa shape index (κ2) is 6.32. The quantitative estimate of drug-likeness (QED) is 0.898.